The van der Waals surface area contributed by atoms with Crippen LogP contribution in [0.15, 0.2) is 41.3 Å². The van der Waals surface area contributed by atoms with Crippen molar-refractivity contribution in [1.29, 1.82) is 0 Å². The van der Waals surface area contributed by atoms with Crippen LogP contribution in [0.3, 0.4) is 0 Å². The van der Waals surface area contributed by atoms with Crippen LogP contribution in [0.1, 0.15) is 21.5 Å². The molecular formula is C16H10ClF6NO3S. The number of halogens is 7. The molecule has 12 heteroatoms. The molecule has 0 unspecified atom stereocenters. The Morgan fingerprint density at radius 2 is 1.43 bits per heavy atom. The van der Waals surface area contributed by atoms with E-state index in [1.165, 1.54) is 0 Å². The standard InChI is InChI=1S/C16H10ClF6NO3S/c1-28(26,27)11-2-3-13(17)12(7-11)14(25)24-10-5-8(15(18,19)20)4-9(6-10)16(21,22)23/h2-7H,1H3,(H,24,25). The number of hydrogen-bond donors (Lipinski definition) is 1. The number of hydrogen-bond acceptors (Lipinski definition) is 3. The molecule has 0 aliphatic carbocycles. The predicted octanol–water partition coefficient (Wildman–Crippen LogP) is 5.03. The molecule has 0 radical (unpaired) electrons. The Bertz CT molecular complexity index is 999. The number of anilines is 1. The van der Waals surface area contributed by atoms with Gasteiger partial charge in [0.05, 0.1) is 26.6 Å². The SMILES string of the molecule is CS(=O)(=O)c1ccc(Cl)c(C(=O)Nc2cc(C(F)(F)F)cc(C(F)(F)F)c2)c1. The average Bonchev–Trinajstić information content (AvgIpc) is 2.52. The van der Waals surface area contributed by atoms with Gasteiger partial charge in [-0.1, -0.05) is 11.6 Å². The van der Waals surface area contributed by atoms with Gasteiger partial charge in [0.25, 0.3) is 5.91 Å². The Labute approximate surface area is 160 Å². The average molecular weight is 446 g/mol. The van der Waals surface area contributed by atoms with Crippen LogP contribution < -0.4 is 5.32 Å². The van der Waals surface area contributed by atoms with Gasteiger partial charge >= 0.3 is 12.4 Å². The molecular weight excluding hydrogens is 436 g/mol. The summed E-state index contributed by atoms with van der Waals surface area (Å²) in [6, 6.07) is 3.59. The minimum Gasteiger partial charge on any atom is -0.322 e. The molecule has 1 N–H and O–H groups in total. The number of sulfone groups is 1. The fourth-order valence-corrected chi connectivity index (χ4v) is 2.99. The third-order valence-corrected chi connectivity index (χ3v) is 4.90. The summed E-state index contributed by atoms with van der Waals surface area (Å²) in [4.78, 5) is 12.0. The molecule has 2 rings (SSSR count). The number of rotatable bonds is 3. The number of alkyl halides is 6. The Morgan fingerprint density at radius 1 is 0.929 bits per heavy atom. The second kappa shape index (κ2) is 7.28. The molecule has 0 aliphatic heterocycles. The van der Waals surface area contributed by atoms with Crippen molar-refractivity contribution in [3.05, 3.63) is 58.1 Å². The number of amides is 1. The lowest BCUT2D eigenvalue weighted by Gasteiger charge is -2.15. The molecule has 0 saturated heterocycles. The first-order chi connectivity index (χ1) is 12.6. The third-order valence-electron chi connectivity index (χ3n) is 3.46. The van der Waals surface area contributed by atoms with E-state index in [4.69, 9.17) is 11.6 Å². The van der Waals surface area contributed by atoms with Gasteiger partial charge in [0, 0.05) is 11.9 Å². The normalized spacial score (nSPS) is 12.7. The lowest BCUT2D eigenvalue weighted by Crippen LogP contribution is -2.16. The number of nitrogens with one attached hydrogen (secondary N) is 1. The van der Waals surface area contributed by atoms with Crippen LogP contribution in [-0.2, 0) is 22.2 Å². The Morgan fingerprint density at radius 3 is 1.86 bits per heavy atom. The first-order valence-corrected chi connectivity index (χ1v) is 9.46. The van der Waals surface area contributed by atoms with Gasteiger partial charge in [0.15, 0.2) is 9.84 Å². The topological polar surface area (TPSA) is 63.2 Å². The summed E-state index contributed by atoms with van der Waals surface area (Å²) in [6.07, 6.45) is -9.33. The van der Waals surface area contributed by atoms with Gasteiger partial charge in [-0.3, -0.25) is 4.79 Å². The Hall–Kier alpha value is -2.27. The highest BCUT2D eigenvalue weighted by atomic mass is 35.5. The molecule has 0 spiro atoms. The largest absolute Gasteiger partial charge is 0.416 e. The second-order valence-corrected chi connectivity index (χ2v) is 8.09. The van der Waals surface area contributed by atoms with Crippen molar-refractivity contribution in [1.82, 2.24) is 0 Å². The van der Waals surface area contributed by atoms with Crippen LogP contribution in [0.25, 0.3) is 0 Å². The molecule has 28 heavy (non-hydrogen) atoms. The second-order valence-electron chi connectivity index (χ2n) is 5.66. The molecule has 0 aliphatic rings. The van der Waals surface area contributed by atoms with E-state index >= 15 is 0 Å². The van der Waals surface area contributed by atoms with Gasteiger partial charge < -0.3 is 5.32 Å². The molecule has 2 aromatic rings. The van der Waals surface area contributed by atoms with Crippen LogP contribution in [0.4, 0.5) is 32.0 Å². The number of carbonyl (C=O) groups excluding carboxylic acids is 1. The molecule has 152 valence electrons. The van der Waals surface area contributed by atoms with Gasteiger partial charge in [-0.2, -0.15) is 26.3 Å². The van der Waals surface area contributed by atoms with Crippen molar-refractivity contribution in [3.8, 4) is 0 Å². The summed E-state index contributed by atoms with van der Waals surface area (Å²) >= 11 is 5.80. The monoisotopic (exact) mass is 445 g/mol. The zero-order chi connectivity index (χ0) is 21.5. The van der Waals surface area contributed by atoms with E-state index in [-0.39, 0.29) is 16.0 Å². The minimum atomic E-state index is -5.09. The molecule has 2 aromatic carbocycles. The van der Waals surface area contributed by atoms with Crippen molar-refractivity contribution in [2.75, 3.05) is 11.6 Å². The van der Waals surface area contributed by atoms with E-state index in [1.54, 1.807) is 0 Å². The Balaban J connectivity index is 2.49. The van der Waals surface area contributed by atoms with Gasteiger partial charge in [-0.05, 0) is 36.4 Å². The van der Waals surface area contributed by atoms with E-state index in [1.807, 2.05) is 5.32 Å². The maximum absolute atomic E-state index is 12.9. The maximum Gasteiger partial charge on any atom is 0.416 e. The molecule has 0 atom stereocenters. The quantitative estimate of drug-likeness (QED) is 0.674. The number of benzene rings is 2. The third kappa shape index (κ3) is 5.16. The molecule has 0 saturated carbocycles. The molecule has 4 nitrogen and oxygen atoms in total. The highest BCUT2D eigenvalue weighted by Crippen LogP contribution is 2.37. The van der Waals surface area contributed by atoms with Gasteiger partial charge in [0.1, 0.15) is 0 Å². The highest BCUT2D eigenvalue weighted by molar-refractivity contribution is 7.90. The van der Waals surface area contributed by atoms with E-state index in [0.717, 1.165) is 24.5 Å². The fourth-order valence-electron chi connectivity index (χ4n) is 2.13. The smallest absolute Gasteiger partial charge is 0.322 e. The number of carbonyl (C=O) groups is 1. The van der Waals surface area contributed by atoms with Crippen molar-refractivity contribution < 1.29 is 39.6 Å². The Kier molecular flexibility index (Phi) is 5.73. The summed E-state index contributed by atoms with van der Waals surface area (Å²) < 4.78 is 100. The predicted molar refractivity (Wildman–Crippen MR) is 89.0 cm³/mol. The first kappa shape index (κ1) is 22.0. The summed E-state index contributed by atoms with van der Waals surface area (Å²) in [5, 5.41) is 1.64. The summed E-state index contributed by atoms with van der Waals surface area (Å²) in [5.74, 6) is -1.18. The fraction of sp³-hybridized carbons (Fsp3) is 0.188. The summed E-state index contributed by atoms with van der Waals surface area (Å²) in [6.45, 7) is 0. The van der Waals surface area contributed by atoms with Crippen LogP contribution in [0, 0.1) is 0 Å². The highest BCUT2D eigenvalue weighted by Gasteiger charge is 2.37. The first-order valence-electron chi connectivity index (χ1n) is 7.19. The van der Waals surface area contributed by atoms with Gasteiger partial charge in [0.2, 0.25) is 0 Å². The van der Waals surface area contributed by atoms with E-state index in [0.29, 0.717) is 12.1 Å². The maximum atomic E-state index is 12.9. The molecule has 0 fully saturated rings. The minimum absolute atomic E-state index is 0.0904. The van der Waals surface area contributed by atoms with E-state index < -0.39 is 50.5 Å². The van der Waals surface area contributed by atoms with E-state index in [2.05, 4.69) is 0 Å². The van der Waals surface area contributed by atoms with Crippen LogP contribution >= 0.6 is 11.6 Å². The van der Waals surface area contributed by atoms with Crippen molar-refractivity contribution in [2.24, 2.45) is 0 Å². The van der Waals surface area contributed by atoms with Crippen molar-refractivity contribution in [3.63, 3.8) is 0 Å². The van der Waals surface area contributed by atoms with Crippen LogP contribution in [-0.4, -0.2) is 20.6 Å². The molecule has 0 aromatic heterocycles. The van der Waals surface area contributed by atoms with Gasteiger partial charge in [-0.25, -0.2) is 8.42 Å². The van der Waals surface area contributed by atoms with Crippen LogP contribution in [0.5, 0.6) is 0 Å². The van der Waals surface area contributed by atoms with Gasteiger partial charge in [-0.15, -0.1) is 0 Å². The van der Waals surface area contributed by atoms with Crippen molar-refractivity contribution in [2.45, 2.75) is 17.2 Å². The van der Waals surface area contributed by atoms with Crippen molar-refractivity contribution >= 4 is 33.0 Å². The molecule has 0 heterocycles. The molecule has 1 amide bonds. The lowest BCUT2D eigenvalue weighted by molar-refractivity contribution is -0.143. The van der Waals surface area contributed by atoms with E-state index in [9.17, 15) is 39.6 Å². The summed E-state index contributed by atoms with van der Waals surface area (Å²) in [5.41, 5.74) is -4.45. The summed E-state index contributed by atoms with van der Waals surface area (Å²) in [7, 11) is -3.74. The lowest BCUT2D eigenvalue weighted by atomic mass is 10.1. The molecule has 0 bridgehead atoms. The zero-order valence-corrected chi connectivity index (χ0v) is 15.3. The zero-order valence-electron chi connectivity index (χ0n) is 13.7. The van der Waals surface area contributed by atoms with Crippen LogP contribution in [0.2, 0.25) is 5.02 Å².